The molecule has 1 heterocycles. The summed E-state index contributed by atoms with van der Waals surface area (Å²) >= 11 is 1.39. The van der Waals surface area contributed by atoms with Crippen molar-refractivity contribution in [1.82, 2.24) is 4.90 Å². The molecule has 0 bridgehead atoms. The number of carbonyl (C=O) groups is 1. The first kappa shape index (κ1) is 23.6. The van der Waals surface area contributed by atoms with Crippen molar-refractivity contribution in [3.05, 3.63) is 94.4 Å². The lowest BCUT2D eigenvalue weighted by Crippen LogP contribution is -2.28. The van der Waals surface area contributed by atoms with Crippen molar-refractivity contribution in [3.63, 3.8) is 0 Å². The largest absolute Gasteiger partial charge is 0.493 e. The second-order valence-corrected chi connectivity index (χ2v) is 8.99. The molecule has 0 unspecified atom stereocenters. The molecule has 1 saturated heterocycles. The number of aliphatic imine (C=N–C) groups is 1. The van der Waals surface area contributed by atoms with Crippen LogP contribution in [0.4, 0.5) is 5.69 Å². The summed E-state index contributed by atoms with van der Waals surface area (Å²) < 4.78 is 11.3. The van der Waals surface area contributed by atoms with E-state index < -0.39 is 0 Å². The molecule has 1 fully saturated rings. The molecule has 0 aliphatic carbocycles. The first-order valence-electron chi connectivity index (χ1n) is 11.3. The molecule has 1 aliphatic rings. The monoisotopic (exact) mass is 472 g/mol. The normalized spacial score (nSPS) is 15.9. The maximum Gasteiger partial charge on any atom is 0.267 e. The lowest BCUT2D eigenvalue weighted by atomic mass is 10.1. The van der Waals surface area contributed by atoms with Gasteiger partial charge in [0, 0.05) is 0 Å². The van der Waals surface area contributed by atoms with Gasteiger partial charge in [0.1, 0.15) is 0 Å². The van der Waals surface area contributed by atoms with E-state index in [1.807, 2.05) is 85.8 Å². The van der Waals surface area contributed by atoms with Crippen LogP contribution in [0.25, 0.3) is 6.08 Å². The Hall–Kier alpha value is -3.51. The van der Waals surface area contributed by atoms with Crippen LogP contribution in [0.3, 0.4) is 0 Å². The zero-order chi connectivity index (χ0) is 23.9. The highest BCUT2D eigenvalue weighted by molar-refractivity contribution is 8.18. The van der Waals surface area contributed by atoms with Crippen LogP contribution in [0.1, 0.15) is 30.0 Å². The second-order valence-electron chi connectivity index (χ2n) is 7.98. The Labute approximate surface area is 205 Å². The number of aryl methyl sites for hydroxylation is 1. The SMILES string of the molecule is CCCOc1ccc(/C=C2/SC(=Nc3ccc(C)cc3)N(Cc3ccccc3)C2=O)cc1OC. The zero-order valence-electron chi connectivity index (χ0n) is 19.7. The summed E-state index contributed by atoms with van der Waals surface area (Å²) in [6.07, 6.45) is 2.80. The summed E-state index contributed by atoms with van der Waals surface area (Å²) in [7, 11) is 1.62. The van der Waals surface area contributed by atoms with E-state index in [4.69, 9.17) is 14.5 Å². The predicted molar refractivity (Wildman–Crippen MR) is 140 cm³/mol. The van der Waals surface area contributed by atoms with Crippen LogP contribution < -0.4 is 9.47 Å². The molecule has 0 spiro atoms. The van der Waals surface area contributed by atoms with Gasteiger partial charge in [-0.2, -0.15) is 0 Å². The smallest absolute Gasteiger partial charge is 0.267 e. The zero-order valence-corrected chi connectivity index (χ0v) is 20.5. The second kappa shape index (κ2) is 11.1. The number of amidine groups is 1. The molecule has 0 N–H and O–H groups in total. The summed E-state index contributed by atoms with van der Waals surface area (Å²) in [6.45, 7) is 5.19. The van der Waals surface area contributed by atoms with Gasteiger partial charge in [-0.25, -0.2) is 4.99 Å². The highest BCUT2D eigenvalue weighted by Gasteiger charge is 2.33. The minimum atomic E-state index is -0.0648. The van der Waals surface area contributed by atoms with Crippen LogP contribution in [0, 0.1) is 6.92 Å². The number of rotatable bonds is 8. The van der Waals surface area contributed by atoms with Crippen molar-refractivity contribution in [1.29, 1.82) is 0 Å². The van der Waals surface area contributed by atoms with Crippen LogP contribution >= 0.6 is 11.8 Å². The maximum atomic E-state index is 13.4. The molecule has 3 aromatic carbocycles. The Morgan fingerprint density at radius 2 is 1.76 bits per heavy atom. The summed E-state index contributed by atoms with van der Waals surface area (Å²) in [5.74, 6) is 1.28. The molecule has 0 saturated carbocycles. The molecule has 0 radical (unpaired) electrons. The Morgan fingerprint density at radius 3 is 2.47 bits per heavy atom. The summed E-state index contributed by atoms with van der Waals surface area (Å²) in [6, 6.07) is 23.6. The third kappa shape index (κ3) is 5.69. The van der Waals surface area contributed by atoms with Crippen LogP contribution in [0.15, 0.2) is 82.7 Å². The number of carbonyl (C=O) groups excluding carboxylic acids is 1. The fourth-order valence-corrected chi connectivity index (χ4v) is 4.48. The number of nitrogens with zero attached hydrogens (tertiary/aromatic N) is 2. The molecular formula is C28H28N2O3S. The van der Waals surface area contributed by atoms with Crippen molar-refractivity contribution >= 4 is 34.6 Å². The van der Waals surface area contributed by atoms with Crippen molar-refractivity contribution in [2.75, 3.05) is 13.7 Å². The number of benzene rings is 3. The summed E-state index contributed by atoms with van der Waals surface area (Å²) in [5, 5.41) is 0.666. The molecule has 34 heavy (non-hydrogen) atoms. The highest BCUT2D eigenvalue weighted by Crippen LogP contribution is 2.36. The van der Waals surface area contributed by atoms with Gasteiger partial charge in [0.2, 0.25) is 0 Å². The van der Waals surface area contributed by atoms with Gasteiger partial charge in [-0.05, 0) is 66.6 Å². The minimum Gasteiger partial charge on any atom is -0.493 e. The topological polar surface area (TPSA) is 51.1 Å². The summed E-state index contributed by atoms with van der Waals surface area (Å²) in [4.78, 5) is 20.6. The number of methoxy groups -OCH3 is 1. The predicted octanol–water partition coefficient (Wildman–Crippen LogP) is 6.60. The van der Waals surface area contributed by atoms with E-state index in [-0.39, 0.29) is 5.91 Å². The standard InChI is InChI=1S/C28H28N2O3S/c1-4-16-33-24-15-12-22(17-25(24)32-3)18-26-27(31)30(19-21-8-6-5-7-9-21)28(34-26)29-23-13-10-20(2)11-14-23/h5-15,17-18H,4,16,19H2,1-3H3/b26-18+,29-28?. The Morgan fingerprint density at radius 1 is 1.00 bits per heavy atom. The van der Waals surface area contributed by atoms with E-state index in [0.717, 1.165) is 23.2 Å². The third-order valence-corrected chi connectivity index (χ3v) is 6.28. The fraction of sp³-hybridized carbons (Fsp3) is 0.214. The van der Waals surface area contributed by atoms with Crippen molar-refractivity contribution < 1.29 is 14.3 Å². The molecule has 3 aromatic rings. The van der Waals surface area contributed by atoms with Gasteiger partial charge < -0.3 is 9.47 Å². The summed E-state index contributed by atoms with van der Waals surface area (Å²) in [5.41, 5.74) is 3.90. The lowest BCUT2D eigenvalue weighted by molar-refractivity contribution is -0.122. The van der Waals surface area contributed by atoms with E-state index >= 15 is 0 Å². The van der Waals surface area contributed by atoms with Gasteiger partial charge in [-0.1, -0.05) is 61.0 Å². The molecule has 4 rings (SSSR count). The Kier molecular flexibility index (Phi) is 7.70. The number of amides is 1. The molecule has 0 aromatic heterocycles. The maximum absolute atomic E-state index is 13.4. The molecule has 6 heteroatoms. The van der Waals surface area contributed by atoms with Gasteiger partial charge in [0.05, 0.1) is 30.9 Å². The van der Waals surface area contributed by atoms with Gasteiger partial charge in [-0.15, -0.1) is 0 Å². The third-order valence-electron chi connectivity index (χ3n) is 5.28. The average molecular weight is 473 g/mol. The molecule has 0 atom stereocenters. The quantitative estimate of drug-likeness (QED) is 0.347. The van der Waals surface area contributed by atoms with Crippen molar-refractivity contribution in [2.24, 2.45) is 4.99 Å². The van der Waals surface area contributed by atoms with E-state index in [1.165, 1.54) is 17.3 Å². The number of thioether (sulfide) groups is 1. The van der Waals surface area contributed by atoms with E-state index in [0.29, 0.717) is 34.7 Å². The average Bonchev–Trinajstić information content (AvgIpc) is 3.14. The van der Waals surface area contributed by atoms with E-state index in [1.54, 1.807) is 12.0 Å². The number of hydrogen-bond donors (Lipinski definition) is 0. The molecule has 5 nitrogen and oxygen atoms in total. The van der Waals surface area contributed by atoms with E-state index in [9.17, 15) is 4.79 Å². The molecule has 1 amide bonds. The molecule has 1 aliphatic heterocycles. The van der Waals surface area contributed by atoms with Gasteiger partial charge in [-0.3, -0.25) is 9.69 Å². The molecule has 174 valence electrons. The first-order chi connectivity index (χ1) is 16.6. The fourth-order valence-electron chi connectivity index (χ4n) is 3.48. The highest BCUT2D eigenvalue weighted by atomic mass is 32.2. The van der Waals surface area contributed by atoms with Crippen LogP contribution in [-0.2, 0) is 11.3 Å². The Balaban J connectivity index is 1.66. The van der Waals surface area contributed by atoms with Crippen molar-refractivity contribution in [3.8, 4) is 11.5 Å². The Bertz CT molecular complexity index is 1200. The van der Waals surface area contributed by atoms with Crippen LogP contribution in [0.5, 0.6) is 11.5 Å². The number of hydrogen-bond acceptors (Lipinski definition) is 5. The first-order valence-corrected chi connectivity index (χ1v) is 12.1. The van der Waals surface area contributed by atoms with E-state index in [2.05, 4.69) is 6.92 Å². The van der Waals surface area contributed by atoms with Crippen LogP contribution in [0.2, 0.25) is 0 Å². The van der Waals surface area contributed by atoms with Crippen molar-refractivity contribution in [2.45, 2.75) is 26.8 Å². The van der Waals surface area contributed by atoms with Gasteiger partial charge in [0.25, 0.3) is 5.91 Å². The lowest BCUT2D eigenvalue weighted by Gasteiger charge is -2.15. The van der Waals surface area contributed by atoms with Gasteiger partial charge >= 0.3 is 0 Å². The molecular weight excluding hydrogens is 444 g/mol. The minimum absolute atomic E-state index is 0.0648. The number of ether oxygens (including phenoxy) is 2. The van der Waals surface area contributed by atoms with Crippen LogP contribution in [-0.4, -0.2) is 29.7 Å². The van der Waals surface area contributed by atoms with Gasteiger partial charge in [0.15, 0.2) is 16.7 Å².